The number of amides is 2. The van der Waals surface area contributed by atoms with Crippen LogP contribution in [-0.4, -0.2) is 67.4 Å². The van der Waals surface area contributed by atoms with E-state index in [9.17, 15) is 4.79 Å². The van der Waals surface area contributed by atoms with Crippen molar-refractivity contribution in [2.75, 3.05) is 44.7 Å². The molecule has 6 heteroatoms. The van der Waals surface area contributed by atoms with Crippen molar-refractivity contribution in [2.24, 2.45) is 0 Å². The van der Waals surface area contributed by atoms with E-state index in [1.807, 2.05) is 29.2 Å². The van der Waals surface area contributed by atoms with Crippen molar-refractivity contribution >= 4 is 11.7 Å². The summed E-state index contributed by atoms with van der Waals surface area (Å²) in [6, 6.07) is 8.53. The summed E-state index contributed by atoms with van der Waals surface area (Å²) < 4.78 is 11.6. The second-order valence-corrected chi connectivity index (χ2v) is 8.62. The molecule has 6 nitrogen and oxygen atoms in total. The molecule has 0 aliphatic carbocycles. The zero-order chi connectivity index (χ0) is 19.9. The lowest BCUT2D eigenvalue weighted by atomic mass is 10.0. The zero-order valence-corrected chi connectivity index (χ0v) is 17.5. The smallest absolute Gasteiger partial charge is 0.321 e. The fraction of sp³-hybridized carbons (Fsp3) is 0.696. The Balaban J connectivity index is 1.25. The lowest BCUT2D eigenvalue weighted by Gasteiger charge is -2.37. The number of likely N-dealkylation sites (tertiary alicyclic amines) is 2. The fourth-order valence-corrected chi connectivity index (χ4v) is 4.73. The molecule has 160 valence electrons. The van der Waals surface area contributed by atoms with Gasteiger partial charge in [-0.15, -0.1) is 0 Å². The lowest BCUT2D eigenvalue weighted by Crippen LogP contribution is -2.50. The highest BCUT2D eigenvalue weighted by Crippen LogP contribution is 2.21. The number of anilines is 1. The quantitative estimate of drug-likeness (QED) is 0.786. The number of piperidine rings is 1. The van der Waals surface area contributed by atoms with Crippen molar-refractivity contribution in [3.8, 4) is 0 Å². The Morgan fingerprint density at radius 2 is 2.00 bits per heavy atom. The molecule has 1 N–H and O–H groups in total. The van der Waals surface area contributed by atoms with Crippen LogP contribution in [0.3, 0.4) is 0 Å². The van der Waals surface area contributed by atoms with E-state index in [4.69, 9.17) is 9.47 Å². The Kier molecular flexibility index (Phi) is 7.41. The molecule has 3 heterocycles. The number of nitrogens with zero attached hydrogens (tertiary/aromatic N) is 2. The molecule has 0 unspecified atom stereocenters. The minimum Gasteiger partial charge on any atom is -0.376 e. The standard InChI is InChI=1S/C23H35N3O3/c27-23(26-13-6-9-21(16-26)25-11-2-3-12-25)24-20-8-5-7-19(15-20)17-28-18-22-10-1-4-14-29-22/h5,7-8,15,21-22H,1-4,6,9-14,16-18H2,(H,24,27)/t21-,22+/m0/s1. The Labute approximate surface area is 174 Å². The van der Waals surface area contributed by atoms with Crippen molar-refractivity contribution in [1.29, 1.82) is 0 Å². The molecule has 2 amide bonds. The van der Waals surface area contributed by atoms with Gasteiger partial charge in [-0.3, -0.25) is 4.90 Å². The van der Waals surface area contributed by atoms with E-state index in [0.29, 0.717) is 19.3 Å². The van der Waals surface area contributed by atoms with Crippen LogP contribution < -0.4 is 5.32 Å². The molecule has 4 rings (SSSR count). The van der Waals surface area contributed by atoms with E-state index < -0.39 is 0 Å². The number of ether oxygens (including phenoxy) is 2. The molecule has 3 aliphatic rings. The predicted molar refractivity (Wildman–Crippen MR) is 114 cm³/mol. The number of hydrogen-bond acceptors (Lipinski definition) is 4. The van der Waals surface area contributed by atoms with Gasteiger partial charge in [-0.1, -0.05) is 12.1 Å². The molecule has 0 spiro atoms. The van der Waals surface area contributed by atoms with Crippen LogP contribution in [0.15, 0.2) is 24.3 Å². The topological polar surface area (TPSA) is 54.0 Å². The maximum atomic E-state index is 12.8. The minimum atomic E-state index is 0.0163. The van der Waals surface area contributed by atoms with Gasteiger partial charge in [0, 0.05) is 31.4 Å². The molecule has 3 fully saturated rings. The largest absolute Gasteiger partial charge is 0.376 e. The van der Waals surface area contributed by atoms with Crippen LogP contribution in [0.25, 0.3) is 0 Å². The van der Waals surface area contributed by atoms with Gasteiger partial charge in [0.25, 0.3) is 0 Å². The second-order valence-electron chi connectivity index (χ2n) is 8.62. The molecule has 1 aromatic rings. The average Bonchev–Trinajstić information content (AvgIpc) is 3.30. The summed E-state index contributed by atoms with van der Waals surface area (Å²) in [4.78, 5) is 17.4. The van der Waals surface area contributed by atoms with E-state index >= 15 is 0 Å². The van der Waals surface area contributed by atoms with Gasteiger partial charge in [-0.2, -0.15) is 0 Å². The average molecular weight is 402 g/mol. The summed E-state index contributed by atoms with van der Waals surface area (Å²) in [5.41, 5.74) is 1.92. The highest BCUT2D eigenvalue weighted by atomic mass is 16.5. The first-order chi connectivity index (χ1) is 14.3. The third-order valence-corrected chi connectivity index (χ3v) is 6.37. The molecule has 1 aromatic carbocycles. The highest BCUT2D eigenvalue weighted by molar-refractivity contribution is 5.89. The normalized spacial score (nSPS) is 25.9. The first-order valence-electron chi connectivity index (χ1n) is 11.4. The van der Waals surface area contributed by atoms with Gasteiger partial charge in [0.15, 0.2) is 0 Å². The van der Waals surface area contributed by atoms with E-state index in [-0.39, 0.29) is 12.1 Å². The summed E-state index contributed by atoms with van der Waals surface area (Å²) in [5, 5.41) is 3.09. The number of carbonyl (C=O) groups excluding carboxylic acids is 1. The summed E-state index contributed by atoms with van der Waals surface area (Å²) >= 11 is 0. The van der Waals surface area contributed by atoms with Crippen LogP contribution in [0.2, 0.25) is 0 Å². The number of rotatable bonds is 6. The highest BCUT2D eigenvalue weighted by Gasteiger charge is 2.29. The summed E-state index contributed by atoms with van der Waals surface area (Å²) in [6.45, 7) is 6.11. The predicted octanol–water partition coefficient (Wildman–Crippen LogP) is 3.86. The number of hydrogen-bond donors (Lipinski definition) is 1. The molecule has 0 bridgehead atoms. The number of urea groups is 1. The Morgan fingerprint density at radius 1 is 1.10 bits per heavy atom. The van der Waals surface area contributed by atoms with Gasteiger partial charge in [0.05, 0.1) is 19.3 Å². The Bertz CT molecular complexity index is 657. The fourth-order valence-electron chi connectivity index (χ4n) is 4.73. The molecule has 3 saturated heterocycles. The molecular weight excluding hydrogens is 366 g/mol. The Hall–Kier alpha value is -1.63. The van der Waals surface area contributed by atoms with E-state index in [0.717, 1.165) is 50.2 Å². The van der Waals surface area contributed by atoms with E-state index in [1.165, 1.54) is 38.8 Å². The SMILES string of the molecule is O=C(Nc1cccc(COC[C@H]2CCCCO2)c1)N1CCC[C@H](N2CCCC2)C1. The van der Waals surface area contributed by atoms with Gasteiger partial charge in [-0.05, 0) is 75.7 Å². The third-order valence-electron chi connectivity index (χ3n) is 6.37. The van der Waals surface area contributed by atoms with Crippen molar-refractivity contribution < 1.29 is 14.3 Å². The van der Waals surface area contributed by atoms with Crippen molar-refractivity contribution in [3.63, 3.8) is 0 Å². The lowest BCUT2D eigenvalue weighted by molar-refractivity contribution is -0.0447. The van der Waals surface area contributed by atoms with Gasteiger partial charge < -0.3 is 19.7 Å². The van der Waals surface area contributed by atoms with Crippen molar-refractivity contribution in [2.45, 2.75) is 63.7 Å². The maximum absolute atomic E-state index is 12.8. The van der Waals surface area contributed by atoms with Crippen LogP contribution in [0.5, 0.6) is 0 Å². The maximum Gasteiger partial charge on any atom is 0.321 e. The van der Waals surface area contributed by atoms with Crippen LogP contribution in [0, 0.1) is 0 Å². The van der Waals surface area contributed by atoms with Gasteiger partial charge in [-0.25, -0.2) is 4.79 Å². The minimum absolute atomic E-state index is 0.0163. The molecule has 0 saturated carbocycles. The molecule has 0 radical (unpaired) electrons. The number of nitrogens with one attached hydrogen (secondary N) is 1. The van der Waals surface area contributed by atoms with Crippen molar-refractivity contribution in [1.82, 2.24) is 9.80 Å². The van der Waals surface area contributed by atoms with Crippen molar-refractivity contribution in [3.05, 3.63) is 29.8 Å². The van der Waals surface area contributed by atoms with Gasteiger partial charge >= 0.3 is 6.03 Å². The molecule has 29 heavy (non-hydrogen) atoms. The molecule has 0 aromatic heterocycles. The second kappa shape index (κ2) is 10.4. The van der Waals surface area contributed by atoms with Gasteiger partial charge in [0.2, 0.25) is 0 Å². The van der Waals surface area contributed by atoms with Crippen LogP contribution in [0.1, 0.15) is 50.5 Å². The van der Waals surface area contributed by atoms with E-state index in [1.54, 1.807) is 0 Å². The number of carbonyl (C=O) groups is 1. The summed E-state index contributed by atoms with van der Waals surface area (Å²) in [7, 11) is 0. The summed E-state index contributed by atoms with van der Waals surface area (Å²) in [6.07, 6.45) is 8.60. The molecule has 2 atom stereocenters. The first kappa shape index (κ1) is 20.6. The molecular formula is C23H35N3O3. The monoisotopic (exact) mass is 401 g/mol. The first-order valence-corrected chi connectivity index (χ1v) is 11.4. The van der Waals surface area contributed by atoms with Crippen LogP contribution >= 0.6 is 0 Å². The third kappa shape index (κ3) is 5.93. The Morgan fingerprint density at radius 3 is 2.83 bits per heavy atom. The molecule has 3 aliphatic heterocycles. The zero-order valence-electron chi connectivity index (χ0n) is 17.5. The van der Waals surface area contributed by atoms with E-state index in [2.05, 4.69) is 10.2 Å². The van der Waals surface area contributed by atoms with Gasteiger partial charge in [0.1, 0.15) is 0 Å². The number of benzene rings is 1. The van der Waals surface area contributed by atoms with Crippen LogP contribution in [-0.2, 0) is 16.1 Å². The van der Waals surface area contributed by atoms with Crippen LogP contribution in [0.4, 0.5) is 10.5 Å². The summed E-state index contributed by atoms with van der Waals surface area (Å²) in [5.74, 6) is 0.